The van der Waals surface area contributed by atoms with E-state index in [1.807, 2.05) is 0 Å². The lowest BCUT2D eigenvalue weighted by molar-refractivity contribution is 0.0527. The van der Waals surface area contributed by atoms with E-state index >= 15 is 0 Å². The SMILES string of the molecule is CCC(=O)c1ccc(OC[C@H](O)CO)c(OC)c1. The van der Waals surface area contributed by atoms with Crippen molar-refractivity contribution in [1.82, 2.24) is 0 Å². The minimum atomic E-state index is -0.938. The molecule has 0 fully saturated rings. The van der Waals surface area contributed by atoms with Crippen molar-refractivity contribution in [3.8, 4) is 11.5 Å². The molecule has 0 spiro atoms. The van der Waals surface area contributed by atoms with Gasteiger partial charge in [0.25, 0.3) is 0 Å². The Balaban J connectivity index is 2.83. The fraction of sp³-hybridized carbons (Fsp3) is 0.462. The summed E-state index contributed by atoms with van der Waals surface area (Å²) in [5.74, 6) is 0.882. The van der Waals surface area contributed by atoms with E-state index in [4.69, 9.17) is 14.6 Å². The van der Waals surface area contributed by atoms with E-state index in [1.165, 1.54) is 7.11 Å². The zero-order valence-corrected chi connectivity index (χ0v) is 10.5. The lowest BCUT2D eigenvalue weighted by atomic mass is 10.1. The average Bonchev–Trinajstić information content (AvgIpc) is 2.43. The van der Waals surface area contributed by atoms with Crippen LogP contribution in [-0.2, 0) is 0 Å². The van der Waals surface area contributed by atoms with Gasteiger partial charge in [-0.2, -0.15) is 0 Å². The van der Waals surface area contributed by atoms with Gasteiger partial charge in [-0.15, -0.1) is 0 Å². The van der Waals surface area contributed by atoms with Crippen molar-refractivity contribution in [2.24, 2.45) is 0 Å². The molecule has 1 aromatic carbocycles. The zero-order chi connectivity index (χ0) is 13.5. The molecule has 100 valence electrons. The molecule has 0 aliphatic heterocycles. The maximum absolute atomic E-state index is 11.5. The lowest BCUT2D eigenvalue weighted by Crippen LogP contribution is -2.21. The quantitative estimate of drug-likeness (QED) is 0.710. The van der Waals surface area contributed by atoms with Crippen LogP contribution in [-0.4, -0.2) is 42.4 Å². The molecule has 2 N–H and O–H groups in total. The average molecular weight is 254 g/mol. The highest BCUT2D eigenvalue weighted by Crippen LogP contribution is 2.28. The second-order valence-electron chi connectivity index (χ2n) is 3.79. The summed E-state index contributed by atoms with van der Waals surface area (Å²) in [7, 11) is 1.48. The van der Waals surface area contributed by atoms with Crippen molar-refractivity contribution >= 4 is 5.78 Å². The number of ether oxygens (including phenoxy) is 2. The van der Waals surface area contributed by atoms with Crippen molar-refractivity contribution in [3.63, 3.8) is 0 Å². The Morgan fingerprint density at radius 1 is 1.39 bits per heavy atom. The van der Waals surface area contributed by atoms with Crippen LogP contribution in [0.1, 0.15) is 23.7 Å². The highest BCUT2D eigenvalue weighted by Gasteiger charge is 2.11. The van der Waals surface area contributed by atoms with E-state index in [-0.39, 0.29) is 19.0 Å². The Hall–Kier alpha value is -1.59. The Kier molecular flexibility index (Phi) is 5.61. The molecular formula is C13H18O5. The maximum Gasteiger partial charge on any atom is 0.162 e. The second kappa shape index (κ2) is 6.98. The number of aliphatic hydroxyl groups excluding tert-OH is 2. The largest absolute Gasteiger partial charge is 0.493 e. The molecule has 0 saturated heterocycles. The first kappa shape index (κ1) is 14.5. The number of carbonyl (C=O) groups excluding carboxylic acids is 1. The first-order chi connectivity index (χ1) is 8.62. The molecule has 0 radical (unpaired) electrons. The molecule has 18 heavy (non-hydrogen) atoms. The third-order valence-corrected chi connectivity index (χ3v) is 2.45. The zero-order valence-electron chi connectivity index (χ0n) is 10.5. The van der Waals surface area contributed by atoms with E-state index in [9.17, 15) is 9.90 Å². The molecule has 1 atom stereocenters. The Morgan fingerprint density at radius 2 is 2.11 bits per heavy atom. The highest BCUT2D eigenvalue weighted by atomic mass is 16.5. The minimum absolute atomic E-state index is 0.0234. The molecule has 0 bridgehead atoms. The molecule has 0 aromatic heterocycles. The highest BCUT2D eigenvalue weighted by molar-refractivity contribution is 5.96. The van der Waals surface area contributed by atoms with Crippen molar-refractivity contribution in [2.75, 3.05) is 20.3 Å². The van der Waals surface area contributed by atoms with Crippen LogP contribution < -0.4 is 9.47 Å². The smallest absolute Gasteiger partial charge is 0.162 e. The van der Waals surface area contributed by atoms with Gasteiger partial charge in [0.2, 0.25) is 0 Å². The summed E-state index contributed by atoms with van der Waals surface area (Å²) in [5.41, 5.74) is 0.560. The first-order valence-electron chi connectivity index (χ1n) is 5.75. The number of Topliss-reactive ketones (excluding diaryl/α,β-unsaturated/α-hetero) is 1. The summed E-state index contributed by atoms with van der Waals surface area (Å²) >= 11 is 0. The van der Waals surface area contributed by atoms with E-state index in [0.29, 0.717) is 23.5 Å². The normalized spacial score (nSPS) is 12.0. The molecule has 0 unspecified atom stereocenters. The van der Waals surface area contributed by atoms with Crippen LogP contribution in [0, 0.1) is 0 Å². The molecule has 5 nitrogen and oxygen atoms in total. The predicted molar refractivity (Wildman–Crippen MR) is 66.2 cm³/mol. The van der Waals surface area contributed by atoms with Gasteiger partial charge < -0.3 is 19.7 Å². The molecule has 0 amide bonds. The molecule has 0 aliphatic carbocycles. The predicted octanol–water partition coefficient (Wildman–Crippen LogP) is 1.02. The molecule has 5 heteroatoms. The molecular weight excluding hydrogens is 236 g/mol. The number of rotatable bonds is 7. The lowest BCUT2D eigenvalue weighted by Gasteiger charge is -2.13. The monoisotopic (exact) mass is 254 g/mol. The second-order valence-corrected chi connectivity index (χ2v) is 3.79. The van der Waals surface area contributed by atoms with Crippen LogP contribution in [0.25, 0.3) is 0 Å². The third-order valence-electron chi connectivity index (χ3n) is 2.45. The van der Waals surface area contributed by atoms with Crippen LogP contribution in [0.3, 0.4) is 0 Å². The van der Waals surface area contributed by atoms with Crippen molar-refractivity contribution < 1.29 is 24.5 Å². The number of methoxy groups -OCH3 is 1. The summed E-state index contributed by atoms with van der Waals surface area (Å²) in [6, 6.07) is 4.87. The van der Waals surface area contributed by atoms with Crippen LogP contribution in [0.5, 0.6) is 11.5 Å². The van der Waals surface area contributed by atoms with Gasteiger partial charge in [0.15, 0.2) is 17.3 Å². The van der Waals surface area contributed by atoms with Gasteiger partial charge in [0, 0.05) is 12.0 Å². The van der Waals surface area contributed by atoms with Gasteiger partial charge in [0.1, 0.15) is 12.7 Å². The summed E-state index contributed by atoms with van der Waals surface area (Å²) in [6.07, 6.45) is -0.515. The number of ketones is 1. The van der Waals surface area contributed by atoms with E-state index < -0.39 is 6.10 Å². The third kappa shape index (κ3) is 3.72. The van der Waals surface area contributed by atoms with Crippen LogP contribution in [0.4, 0.5) is 0 Å². The van der Waals surface area contributed by atoms with Crippen LogP contribution >= 0.6 is 0 Å². The topological polar surface area (TPSA) is 76.0 Å². The Labute approximate surface area is 106 Å². The fourth-order valence-corrected chi connectivity index (χ4v) is 1.40. The molecule has 1 aromatic rings. The number of hydrogen-bond acceptors (Lipinski definition) is 5. The van der Waals surface area contributed by atoms with Gasteiger partial charge in [0.05, 0.1) is 13.7 Å². The fourth-order valence-electron chi connectivity index (χ4n) is 1.40. The van der Waals surface area contributed by atoms with Crippen molar-refractivity contribution in [1.29, 1.82) is 0 Å². The number of aliphatic hydroxyl groups is 2. The van der Waals surface area contributed by atoms with Crippen LogP contribution in [0.15, 0.2) is 18.2 Å². The van der Waals surface area contributed by atoms with Gasteiger partial charge in [-0.1, -0.05) is 6.92 Å². The van der Waals surface area contributed by atoms with Crippen molar-refractivity contribution in [3.05, 3.63) is 23.8 Å². The van der Waals surface area contributed by atoms with E-state index in [2.05, 4.69) is 0 Å². The van der Waals surface area contributed by atoms with Gasteiger partial charge in [-0.25, -0.2) is 0 Å². The first-order valence-corrected chi connectivity index (χ1v) is 5.75. The standard InChI is InChI=1S/C13H18O5/c1-3-11(16)9-4-5-12(13(6-9)17-2)18-8-10(15)7-14/h4-6,10,14-15H,3,7-8H2,1-2H3/t10-/m1/s1. The number of carbonyl (C=O) groups is 1. The molecule has 0 heterocycles. The summed E-state index contributed by atoms with van der Waals surface area (Å²) in [5, 5.41) is 17.9. The van der Waals surface area contributed by atoms with Crippen LogP contribution in [0.2, 0.25) is 0 Å². The van der Waals surface area contributed by atoms with E-state index in [1.54, 1.807) is 25.1 Å². The Morgan fingerprint density at radius 3 is 2.67 bits per heavy atom. The molecule has 0 aliphatic rings. The maximum atomic E-state index is 11.5. The van der Waals surface area contributed by atoms with Gasteiger partial charge >= 0.3 is 0 Å². The Bertz CT molecular complexity index is 402. The molecule has 1 rings (SSSR count). The number of benzene rings is 1. The summed E-state index contributed by atoms with van der Waals surface area (Å²) in [4.78, 5) is 11.5. The van der Waals surface area contributed by atoms with Gasteiger partial charge in [-0.3, -0.25) is 4.79 Å². The van der Waals surface area contributed by atoms with Crippen molar-refractivity contribution in [2.45, 2.75) is 19.4 Å². The minimum Gasteiger partial charge on any atom is -0.493 e. The van der Waals surface area contributed by atoms with E-state index in [0.717, 1.165) is 0 Å². The summed E-state index contributed by atoms with van der Waals surface area (Å²) < 4.78 is 10.4. The van der Waals surface area contributed by atoms with Gasteiger partial charge in [-0.05, 0) is 18.2 Å². The molecule has 0 saturated carbocycles. The summed E-state index contributed by atoms with van der Waals surface area (Å²) in [6.45, 7) is 1.39. The number of hydrogen-bond donors (Lipinski definition) is 2.